The highest BCUT2D eigenvalue weighted by molar-refractivity contribution is 6.68. The van der Waals surface area contributed by atoms with Crippen LogP contribution in [0.1, 0.15) is 22.8 Å². The Kier molecular flexibility index (Phi) is 6.82. The molecule has 4 nitrogen and oxygen atoms in total. The van der Waals surface area contributed by atoms with Crippen LogP contribution in [0, 0.1) is 6.92 Å². The molecule has 0 saturated heterocycles. The van der Waals surface area contributed by atoms with Crippen molar-refractivity contribution in [2.45, 2.75) is 23.8 Å². The number of rotatable bonds is 6. The molecule has 0 aliphatic heterocycles. The number of carbonyl (C=O) groups excluding carboxylic acids is 1. The Morgan fingerprint density at radius 1 is 1.12 bits per heavy atom. The van der Waals surface area contributed by atoms with Crippen molar-refractivity contribution in [3.05, 3.63) is 59.7 Å². The van der Waals surface area contributed by atoms with Gasteiger partial charge in [0.25, 0.3) is 5.91 Å². The van der Waals surface area contributed by atoms with E-state index in [1.807, 2.05) is 26.0 Å². The minimum atomic E-state index is -1.74. The van der Waals surface area contributed by atoms with Gasteiger partial charge in [0.15, 0.2) is 0 Å². The van der Waals surface area contributed by atoms with Gasteiger partial charge in [-0.25, -0.2) is 0 Å². The Hall–Kier alpha value is -1.62. The lowest BCUT2D eigenvalue weighted by Gasteiger charge is -2.27. The first-order valence-electron chi connectivity index (χ1n) is 7.74. The standard InChI is InChI=1S/C18H19Cl3N2O2/c1-3-25-14-10-8-13(9-11-14)22-17(18(19,20)21)23-16(24)15-7-5-4-6-12(15)2/h4-11,17,22H,3H2,1-2H3,(H,23,24)/t17-/m1/s1. The smallest absolute Gasteiger partial charge is 0.253 e. The van der Waals surface area contributed by atoms with Crippen molar-refractivity contribution in [3.63, 3.8) is 0 Å². The van der Waals surface area contributed by atoms with Crippen molar-refractivity contribution in [2.75, 3.05) is 11.9 Å². The second kappa shape index (κ2) is 8.65. The summed E-state index contributed by atoms with van der Waals surface area (Å²) in [5.74, 6) is 0.412. The van der Waals surface area contributed by atoms with E-state index in [1.165, 1.54) is 0 Å². The molecular weight excluding hydrogens is 383 g/mol. The quantitative estimate of drug-likeness (QED) is 0.533. The summed E-state index contributed by atoms with van der Waals surface area (Å²) in [4.78, 5) is 12.5. The maximum atomic E-state index is 12.5. The van der Waals surface area contributed by atoms with Gasteiger partial charge in [-0.2, -0.15) is 0 Å². The summed E-state index contributed by atoms with van der Waals surface area (Å²) in [6.45, 7) is 4.33. The molecule has 25 heavy (non-hydrogen) atoms. The molecule has 7 heteroatoms. The lowest BCUT2D eigenvalue weighted by atomic mass is 10.1. The molecule has 134 valence electrons. The van der Waals surface area contributed by atoms with Gasteiger partial charge in [-0.15, -0.1) is 0 Å². The number of alkyl halides is 3. The maximum Gasteiger partial charge on any atom is 0.253 e. The molecule has 0 unspecified atom stereocenters. The normalized spacial score (nSPS) is 12.4. The van der Waals surface area contributed by atoms with Gasteiger partial charge in [-0.05, 0) is 49.7 Å². The number of hydrogen-bond donors (Lipinski definition) is 2. The van der Waals surface area contributed by atoms with Crippen molar-refractivity contribution in [1.29, 1.82) is 0 Å². The molecule has 0 heterocycles. The van der Waals surface area contributed by atoms with Gasteiger partial charge < -0.3 is 15.4 Å². The molecule has 0 radical (unpaired) electrons. The van der Waals surface area contributed by atoms with E-state index >= 15 is 0 Å². The molecule has 0 bridgehead atoms. The highest BCUT2D eigenvalue weighted by atomic mass is 35.6. The Morgan fingerprint density at radius 3 is 2.32 bits per heavy atom. The average Bonchev–Trinajstić information content (AvgIpc) is 2.55. The summed E-state index contributed by atoms with van der Waals surface area (Å²) in [7, 11) is 0. The summed E-state index contributed by atoms with van der Waals surface area (Å²) >= 11 is 18.1. The van der Waals surface area contributed by atoms with Gasteiger partial charge in [0.05, 0.1) is 6.61 Å². The fourth-order valence-corrected chi connectivity index (χ4v) is 2.54. The molecule has 2 aromatic carbocycles. The first-order valence-corrected chi connectivity index (χ1v) is 8.87. The molecule has 0 aliphatic carbocycles. The van der Waals surface area contributed by atoms with Crippen LogP contribution in [-0.2, 0) is 0 Å². The predicted octanol–water partition coefficient (Wildman–Crippen LogP) is 4.93. The fourth-order valence-electron chi connectivity index (χ4n) is 2.22. The molecule has 1 amide bonds. The van der Waals surface area contributed by atoms with E-state index in [-0.39, 0.29) is 5.91 Å². The number of halogens is 3. The molecule has 0 fully saturated rings. The molecule has 1 atom stereocenters. The van der Waals surface area contributed by atoms with Crippen LogP contribution in [0.4, 0.5) is 5.69 Å². The van der Waals surface area contributed by atoms with E-state index < -0.39 is 9.96 Å². The van der Waals surface area contributed by atoms with Crippen LogP contribution in [0.5, 0.6) is 5.75 Å². The van der Waals surface area contributed by atoms with E-state index in [4.69, 9.17) is 39.5 Å². The van der Waals surface area contributed by atoms with Gasteiger partial charge in [0.1, 0.15) is 11.9 Å². The molecule has 2 aromatic rings. The third kappa shape index (κ3) is 5.70. The van der Waals surface area contributed by atoms with Gasteiger partial charge in [-0.1, -0.05) is 53.0 Å². The van der Waals surface area contributed by atoms with Crippen LogP contribution in [0.15, 0.2) is 48.5 Å². The van der Waals surface area contributed by atoms with Crippen molar-refractivity contribution in [2.24, 2.45) is 0 Å². The minimum absolute atomic E-state index is 0.326. The highest BCUT2D eigenvalue weighted by Gasteiger charge is 2.34. The van der Waals surface area contributed by atoms with E-state index in [9.17, 15) is 4.79 Å². The predicted molar refractivity (Wildman–Crippen MR) is 104 cm³/mol. The molecule has 0 saturated carbocycles. The largest absolute Gasteiger partial charge is 0.494 e. The van der Waals surface area contributed by atoms with Crippen LogP contribution in [-0.4, -0.2) is 22.5 Å². The van der Waals surface area contributed by atoms with E-state index in [0.29, 0.717) is 17.9 Å². The maximum absolute atomic E-state index is 12.5. The molecule has 0 aromatic heterocycles. The number of anilines is 1. The van der Waals surface area contributed by atoms with E-state index in [0.717, 1.165) is 11.3 Å². The first-order chi connectivity index (χ1) is 11.8. The zero-order valence-corrected chi connectivity index (χ0v) is 16.1. The zero-order valence-electron chi connectivity index (χ0n) is 13.9. The zero-order chi connectivity index (χ0) is 18.4. The van der Waals surface area contributed by atoms with E-state index in [2.05, 4.69) is 10.6 Å². The summed E-state index contributed by atoms with van der Waals surface area (Å²) < 4.78 is 3.65. The average molecular weight is 402 g/mol. The van der Waals surface area contributed by atoms with Gasteiger partial charge in [-0.3, -0.25) is 4.79 Å². The Morgan fingerprint density at radius 2 is 1.76 bits per heavy atom. The Balaban J connectivity index is 2.14. The minimum Gasteiger partial charge on any atom is -0.494 e. The monoisotopic (exact) mass is 400 g/mol. The lowest BCUT2D eigenvalue weighted by molar-refractivity contribution is 0.0941. The van der Waals surface area contributed by atoms with E-state index in [1.54, 1.807) is 36.4 Å². The number of carbonyl (C=O) groups is 1. The number of benzene rings is 2. The topological polar surface area (TPSA) is 50.4 Å². The van der Waals surface area contributed by atoms with Gasteiger partial charge in [0, 0.05) is 11.3 Å². The molecule has 0 spiro atoms. The van der Waals surface area contributed by atoms with Gasteiger partial charge >= 0.3 is 0 Å². The first kappa shape index (κ1) is 19.7. The second-order valence-electron chi connectivity index (χ2n) is 5.36. The molecule has 2 N–H and O–H groups in total. The van der Waals surface area contributed by atoms with Crippen LogP contribution in [0.2, 0.25) is 0 Å². The van der Waals surface area contributed by atoms with Crippen molar-refractivity contribution >= 4 is 46.4 Å². The van der Waals surface area contributed by atoms with Crippen molar-refractivity contribution < 1.29 is 9.53 Å². The van der Waals surface area contributed by atoms with Crippen molar-refractivity contribution in [3.8, 4) is 5.75 Å². The molecule has 0 aliphatic rings. The van der Waals surface area contributed by atoms with Crippen LogP contribution in [0.25, 0.3) is 0 Å². The van der Waals surface area contributed by atoms with Gasteiger partial charge in [0.2, 0.25) is 3.79 Å². The summed E-state index contributed by atoms with van der Waals surface area (Å²) in [5.41, 5.74) is 2.05. The fraction of sp³-hybridized carbons (Fsp3) is 0.278. The summed E-state index contributed by atoms with van der Waals surface area (Å²) in [6, 6.07) is 14.4. The number of ether oxygens (including phenoxy) is 1. The third-order valence-corrected chi connectivity index (χ3v) is 4.12. The Labute approximate surface area is 162 Å². The van der Waals surface area contributed by atoms with Crippen molar-refractivity contribution in [1.82, 2.24) is 5.32 Å². The number of aryl methyl sites for hydroxylation is 1. The van der Waals surface area contributed by atoms with Crippen LogP contribution < -0.4 is 15.4 Å². The number of nitrogens with one attached hydrogen (secondary N) is 2. The van der Waals surface area contributed by atoms with Crippen LogP contribution in [0.3, 0.4) is 0 Å². The lowest BCUT2D eigenvalue weighted by Crippen LogP contribution is -2.49. The highest BCUT2D eigenvalue weighted by Crippen LogP contribution is 2.31. The summed E-state index contributed by atoms with van der Waals surface area (Å²) in [5, 5.41) is 5.75. The number of hydrogen-bond acceptors (Lipinski definition) is 3. The second-order valence-corrected chi connectivity index (χ2v) is 7.73. The number of amides is 1. The SMILES string of the molecule is CCOc1ccc(N[C@H](NC(=O)c2ccccc2C)C(Cl)(Cl)Cl)cc1. The molecular formula is C18H19Cl3N2O2. The van der Waals surface area contributed by atoms with Crippen LogP contribution >= 0.6 is 34.8 Å². The Bertz CT molecular complexity index is 715. The summed E-state index contributed by atoms with van der Waals surface area (Å²) in [6.07, 6.45) is -0.914. The molecule has 2 rings (SSSR count). The third-order valence-electron chi connectivity index (χ3n) is 3.47.